The van der Waals surface area contributed by atoms with Crippen molar-refractivity contribution in [1.29, 1.82) is 0 Å². The van der Waals surface area contributed by atoms with Crippen molar-refractivity contribution in [3.05, 3.63) is 50.7 Å². The van der Waals surface area contributed by atoms with E-state index in [0.717, 1.165) is 0 Å². The van der Waals surface area contributed by atoms with E-state index in [1.165, 1.54) is 31.2 Å². The molecule has 0 spiro atoms. The van der Waals surface area contributed by atoms with Crippen LogP contribution in [0.4, 0.5) is 5.69 Å². The minimum absolute atomic E-state index is 0.0792. The summed E-state index contributed by atoms with van der Waals surface area (Å²) in [5.41, 5.74) is 0.143. The molecule has 0 aliphatic heterocycles. The molecule has 0 radical (unpaired) electrons. The number of carboxylic acid groups (broad SMARTS) is 1. The summed E-state index contributed by atoms with van der Waals surface area (Å²) in [5.74, 6) is -0.952. The van der Waals surface area contributed by atoms with Crippen LogP contribution in [0.3, 0.4) is 0 Å². The molecule has 98 valence electrons. The maximum Gasteiger partial charge on any atom is 0.270 e. The second-order valence-electron chi connectivity index (χ2n) is 3.79. The monoisotopic (exact) mass is 280 g/mol. The fourth-order valence-electron chi connectivity index (χ4n) is 1.63. The number of carbonyl (C=O) groups is 1. The van der Waals surface area contributed by atoms with E-state index >= 15 is 0 Å². The highest BCUT2D eigenvalue weighted by molar-refractivity contribution is 6.33. The zero-order chi connectivity index (χ0) is 14.2. The number of benzene rings is 1. The first kappa shape index (κ1) is 13.1. The van der Waals surface area contributed by atoms with Crippen LogP contribution < -0.4 is 5.11 Å². The Bertz CT molecular complexity index is 677. The molecule has 0 unspecified atom stereocenters. The van der Waals surface area contributed by atoms with Gasteiger partial charge in [-0.05, 0) is 19.1 Å². The first-order valence-electron chi connectivity index (χ1n) is 5.16. The zero-order valence-electron chi connectivity index (χ0n) is 9.68. The predicted molar refractivity (Wildman–Crippen MR) is 64.9 cm³/mol. The first-order chi connectivity index (χ1) is 8.90. The number of nitro benzene ring substituents is 1. The summed E-state index contributed by atoms with van der Waals surface area (Å²) in [4.78, 5) is 20.8. The number of nitro groups is 1. The lowest BCUT2D eigenvalue weighted by molar-refractivity contribution is -0.384. The van der Waals surface area contributed by atoms with Crippen LogP contribution in [0, 0.1) is 17.0 Å². The van der Waals surface area contributed by atoms with Crippen molar-refractivity contribution in [3.63, 3.8) is 0 Å². The van der Waals surface area contributed by atoms with Crippen molar-refractivity contribution >= 4 is 23.3 Å². The molecular weight excluding hydrogens is 274 g/mol. The Balaban J connectivity index is 2.50. The molecule has 0 saturated carbocycles. The van der Waals surface area contributed by atoms with Crippen LogP contribution in [0.5, 0.6) is 0 Å². The topological polar surface area (TPSA) is 96.4 Å². The number of non-ortho nitro benzene ring substituents is 1. The highest BCUT2D eigenvalue weighted by atomic mass is 35.5. The largest absolute Gasteiger partial charge is 0.545 e. The van der Waals surface area contributed by atoms with E-state index in [-0.39, 0.29) is 27.8 Å². The average Bonchev–Trinajstić information content (AvgIpc) is 2.71. The molecule has 2 aromatic rings. The highest BCUT2D eigenvalue weighted by Crippen LogP contribution is 2.33. The molecule has 19 heavy (non-hydrogen) atoms. The molecule has 7 heteroatoms. The number of hydrogen-bond acceptors (Lipinski definition) is 5. The van der Waals surface area contributed by atoms with Gasteiger partial charge in [-0.3, -0.25) is 10.1 Å². The molecule has 0 aliphatic rings. The van der Waals surface area contributed by atoms with Gasteiger partial charge in [0.05, 0.1) is 15.9 Å². The van der Waals surface area contributed by atoms with Gasteiger partial charge < -0.3 is 14.3 Å². The van der Waals surface area contributed by atoms with E-state index in [1.54, 1.807) is 0 Å². The number of carboxylic acids is 1. The fraction of sp³-hybridized carbons (Fsp3) is 0.0833. The smallest absolute Gasteiger partial charge is 0.270 e. The van der Waals surface area contributed by atoms with Crippen LogP contribution in [-0.2, 0) is 0 Å². The highest BCUT2D eigenvalue weighted by Gasteiger charge is 2.15. The van der Waals surface area contributed by atoms with Crippen LogP contribution in [-0.4, -0.2) is 10.9 Å². The molecule has 6 nitrogen and oxygen atoms in total. The number of furan rings is 1. The Hall–Kier alpha value is -2.34. The number of halogens is 1. The molecule has 0 atom stereocenters. The number of rotatable bonds is 3. The van der Waals surface area contributed by atoms with Gasteiger partial charge in [-0.2, -0.15) is 0 Å². The number of hydrogen-bond donors (Lipinski definition) is 0. The minimum Gasteiger partial charge on any atom is -0.545 e. The molecule has 0 fully saturated rings. The van der Waals surface area contributed by atoms with Gasteiger partial charge in [0.25, 0.3) is 5.69 Å². The molecule has 0 N–H and O–H groups in total. The lowest BCUT2D eigenvalue weighted by atomic mass is 10.1. The third-order valence-corrected chi connectivity index (χ3v) is 2.88. The predicted octanol–water partition coefficient (Wildman–Crippen LogP) is 2.18. The lowest BCUT2D eigenvalue weighted by Gasteiger charge is -2.00. The maximum atomic E-state index is 10.8. The summed E-state index contributed by atoms with van der Waals surface area (Å²) in [7, 11) is 0. The van der Waals surface area contributed by atoms with Gasteiger partial charge in [-0.15, -0.1) is 0 Å². The van der Waals surface area contributed by atoms with Crippen molar-refractivity contribution in [2.45, 2.75) is 6.92 Å². The Labute approximate surface area is 112 Å². The number of carbonyl (C=O) groups excluding carboxylic acids is 1. The van der Waals surface area contributed by atoms with Crippen LogP contribution in [0.1, 0.15) is 16.1 Å². The van der Waals surface area contributed by atoms with Gasteiger partial charge in [0.1, 0.15) is 11.5 Å². The van der Waals surface area contributed by atoms with Crippen molar-refractivity contribution in [1.82, 2.24) is 0 Å². The van der Waals surface area contributed by atoms with Crippen molar-refractivity contribution in [2.24, 2.45) is 0 Å². The van der Waals surface area contributed by atoms with Crippen molar-refractivity contribution < 1.29 is 19.2 Å². The molecule has 1 heterocycles. The van der Waals surface area contributed by atoms with E-state index in [0.29, 0.717) is 5.56 Å². The minimum atomic E-state index is -1.36. The first-order valence-corrected chi connectivity index (χ1v) is 5.54. The molecule has 1 aromatic heterocycles. The average molecular weight is 281 g/mol. The summed E-state index contributed by atoms with van der Waals surface area (Å²) >= 11 is 5.92. The van der Waals surface area contributed by atoms with Crippen LogP contribution >= 0.6 is 11.6 Å². The number of aryl methyl sites for hydroxylation is 1. The van der Waals surface area contributed by atoms with Gasteiger partial charge in [0.2, 0.25) is 0 Å². The fourth-order valence-corrected chi connectivity index (χ4v) is 1.90. The Morgan fingerprint density at radius 1 is 1.37 bits per heavy atom. The van der Waals surface area contributed by atoms with Gasteiger partial charge in [0.15, 0.2) is 0 Å². The van der Waals surface area contributed by atoms with Gasteiger partial charge in [0, 0.05) is 23.3 Å². The SMILES string of the molecule is Cc1oc(-c2ccc([N+](=O)[O-])cc2Cl)cc1C(=O)[O-]. The van der Waals surface area contributed by atoms with E-state index in [2.05, 4.69) is 0 Å². The van der Waals surface area contributed by atoms with E-state index in [1.807, 2.05) is 0 Å². The molecule has 0 amide bonds. The summed E-state index contributed by atoms with van der Waals surface area (Å²) in [6.07, 6.45) is 0. The van der Waals surface area contributed by atoms with Crippen LogP contribution in [0.2, 0.25) is 5.02 Å². The van der Waals surface area contributed by atoms with E-state index in [9.17, 15) is 20.0 Å². The zero-order valence-corrected chi connectivity index (χ0v) is 10.4. The molecule has 0 saturated heterocycles. The Morgan fingerprint density at radius 3 is 2.53 bits per heavy atom. The third kappa shape index (κ3) is 2.43. The molecular formula is C12H7ClNO5-. The second kappa shape index (κ2) is 4.74. The van der Waals surface area contributed by atoms with Crippen molar-refractivity contribution in [2.75, 3.05) is 0 Å². The normalized spacial score (nSPS) is 10.4. The summed E-state index contributed by atoms with van der Waals surface area (Å²) in [6.45, 7) is 1.48. The summed E-state index contributed by atoms with van der Waals surface area (Å²) in [5, 5.41) is 21.5. The standard InChI is InChI=1S/C12H8ClNO5/c1-6-9(12(15)16)5-11(19-6)8-3-2-7(14(17)18)4-10(8)13/h2-5H,1H3,(H,15,16)/p-1. The van der Waals surface area contributed by atoms with Crippen LogP contribution in [0.15, 0.2) is 28.7 Å². The van der Waals surface area contributed by atoms with Gasteiger partial charge in [-0.1, -0.05) is 11.6 Å². The van der Waals surface area contributed by atoms with Crippen LogP contribution in [0.25, 0.3) is 11.3 Å². The summed E-state index contributed by atoms with van der Waals surface area (Å²) < 4.78 is 5.27. The molecule has 0 aliphatic carbocycles. The number of aromatic carboxylic acids is 1. The lowest BCUT2D eigenvalue weighted by Crippen LogP contribution is -2.22. The molecule has 0 bridgehead atoms. The second-order valence-corrected chi connectivity index (χ2v) is 4.20. The Morgan fingerprint density at radius 2 is 2.05 bits per heavy atom. The molecule has 1 aromatic carbocycles. The number of nitrogens with zero attached hydrogens (tertiary/aromatic N) is 1. The Kier molecular flexibility index (Phi) is 3.26. The van der Waals surface area contributed by atoms with Crippen molar-refractivity contribution in [3.8, 4) is 11.3 Å². The van der Waals surface area contributed by atoms with Gasteiger partial charge >= 0.3 is 0 Å². The quantitative estimate of drug-likeness (QED) is 0.634. The third-order valence-electron chi connectivity index (χ3n) is 2.57. The summed E-state index contributed by atoms with van der Waals surface area (Å²) in [6, 6.07) is 5.11. The van der Waals surface area contributed by atoms with Gasteiger partial charge in [-0.25, -0.2) is 0 Å². The molecule has 2 rings (SSSR count). The van der Waals surface area contributed by atoms with E-state index < -0.39 is 10.9 Å². The maximum absolute atomic E-state index is 10.8. The van der Waals surface area contributed by atoms with E-state index in [4.69, 9.17) is 16.0 Å².